The first-order valence-corrected chi connectivity index (χ1v) is 3.72. The number of ketones is 1. The summed E-state index contributed by atoms with van der Waals surface area (Å²) in [5.74, 6) is 0.373. The van der Waals surface area contributed by atoms with E-state index in [1.54, 1.807) is 7.11 Å². The number of rotatable bonds is 3. The van der Waals surface area contributed by atoms with Crippen LogP contribution in [0.15, 0.2) is 0 Å². The molecular weight excluding hydrogens is 128 g/mol. The predicted molar refractivity (Wildman–Crippen MR) is 38.8 cm³/mol. The lowest BCUT2D eigenvalue weighted by Crippen LogP contribution is -2.28. The summed E-state index contributed by atoms with van der Waals surface area (Å²) in [7, 11) is 1.62. The van der Waals surface area contributed by atoms with Gasteiger partial charge < -0.3 is 4.74 Å². The SMILES string of the molecule is COC1(C(=O)C(C)C)CC1. The van der Waals surface area contributed by atoms with Gasteiger partial charge in [-0.3, -0.25) is 4.79 Å². The second kappa shape index (κ2) is 2.35. The van der Waals surface area contributed by atoms with Crippen molar-refractivity contribution < 1.29 is 9.53 Å². The zero-order valence-electron chi connectivity index (χ0n) is 6.81. The third-order valence-electron chi connectivity index (χ3n) is 2.07. The molecule has 1 fully saturated rings. The quantitative estimate of drug-likeness (QED) is 0.595. The van der Waals surface area contributed by atoms with Crippen molar-refractivity contribution in [2.75, 3.05) is 7.11 Å². The summed E-state index contributed by atoms with van der Waals surface area (Å²) in [6, 6.07) is 0. The molecule has 0 atom stereocenters. The van der Waals surface area contributed by atoms with Crippen molar-refractivity contribution in [1.82, 2.24) is 0 Å². The van der Waals surface area contributed by atoms with E-state index >= 15 is 0 Å². The molecule has 1 saturated carbocycles. The van der Waals surface area contributed by atoms with Crippen molar-refractivity contribution in [3.8, 4) is 0 Å². The molecule has 0 spiro atoms. The molecular formula is C8H14O2. The maximum absolute atomic E-state index is 11.3. The summed E-state index contributed by atoms with van der Waals surface area (Å²) in [5, 5.41) is 0. The molecule has 0 saturated heterocycles. The summed E-state index contributed by atoms with van der Waals surface area (Å²) < 4.78 is 5.12. The fourth-order valence-corrected chi connectivity index (χ4v) is 1.19. The average Bonchev–Trinajstić information content (AvgIpc) is 2.66. The van der Waals surface area contributed by atoms with E-state index in [-0.39, 0.29) is 17.3 Å². The third kappa shape index (κ3) is 1.08. The number of ether oxygens (including phenoxy) is 1. The Morgan fingerprint density at radius 3 is 2.10 bits per heavy atom. The molecule has 2 heteroatoms. The molecule has 1 rings (SSSR count). The molecule has 1 aliphatic rings. The summed E-state index contributed by atoms with van der Waals surface area (Å²) in [6.45, 7) is 3.84. The smallest absolute Gasteiger partial charge is 0.167 e. The molecule has 2 nitrogen and oxygen atoms in total. The highest BCUT2D eigenvalue weighted by molar-refractivity contribution is 5.91. The van der Waals surface area contributed by atoms with E-state index in [1.165, 1.54) is 0 Å². The van der Waals surface area contributed by atoms with E-state index in [4.69, 9.17) is 4.74 Å². The van der Waals surface area contributed by atoms with Crippen LogP contribution >= 0.6 is 0 Å². The molecule has 1 aliphatic carbocycles. The molecule has 0 aliphatic heterocycles. The minimum Gasteiger partial charge on any atom is -0.370 e. The molecule has 0 radical (unpaired) electrons. The summed E-state index contributed by atoms with van der Waals surface area (Å²) in [6.07, 6.45) is 1.83. The van der Waals surface area contributed by atoms with E-state index in [9.17, 15) is 4.79 Å². The van der Waals surface area contributed by atoms with Crippen LogP contribution in [0.2, 0.25) is 0 Å². The first-order chi connectivity index (χ1) is 4.62. The summed E-state index contributed by atoms with van der Waals surface area (Å²) >= 11 is 0. The molecule has 0 N–H and O–H groups in total. The minimum atomic E-state index is -0.367. The lowest BCUT2D eigenvalue weighted by atomic mass is 10.0. The highest BCUT2D eigenvalue weighted by Crippen LogP contribution is 2.41. The number of hydrogen-bond acceptors (Lipinski definition) is 2. The maximum atomic E-state index is 11.3. The van der Waals surface area contributed by atoms with E-state index in [1.807, 2.05) is 13.8 Å². The van der Waals surface area contributed by atoms with Gasteiger partial charge >= 0.3 is 0 Å². The Morgan fingerprint density at radius 1 is 1.50 bits per heavy atom. The van der Waals surface area contributed by atoms with Gasteiger partial charge in [0.1, 0.15) is 5.60 Å². The molecule has 0 amide bonds. The number of carbonyl (C=O) groups excluding carboxylic acids is 1. The molecule has 0 bridgehead atoms. The van der Waals surface area contributed by atoms with Crippen LogP contribution in [0.25, 0.3) is 0 Å². The van der Waals surface area contributed by atoms with Gasteiger partial charge in [0.2, 0.25) is 0 Å². The molecule has 0 aromatic heterocycles. The van der Waals surface area contributed by atoms with Crippen LogP contribution in [0.3, 0.4) is 0 Å². The van der Waals surface area contributed by atoms with Gasteiger partial charge in [0.25, 0.3) is 0 Å². The normalized spacial score (nSPS) is 21.2. The Balaban J connectivity index is 2.56. The lowest BCUT2D eigenvalue weighted by Gasteiger charge is -2.13. The Kier molecular flexibility index (Phi) is 1.82. The van der Waals surface area contributed by atoms with Crippen molar-refractivity contribution in [3.63, 3.8) is 0 Å². The molecule has 10 heavy (non-hydrogen) atoms. The van der Waals surface area contributed by atoms with Crippen LogP contribution in [0.4, 0.5) is 0 Å². The van der Waals surface area contributed by atoms with Gasteiger partial charge in [-0.2, -0.15) is 0 Å². The fourth-order valence-electron chi connectivity index (χ4n) is 1.19. The summed E-state index contributed by atoms with van der Waals surface area (Å²) in [5.41, 5.74) is -0.367. The number of methoxy groups -OCH3 is 1. The first kappa shape index (κ1) is 7.73. The van der Waals surface area contributed by atoms with Crippen LogP contribution in [0.5, 0.6) is 0 Å². The van der Waals surface area contributed by atoms with Gasteiger partial charge in [-0.25, -0.2) is 0 Å². The van der Waals surface area contributed by atoms with Crippen molar-refractivity contribution in [1.29, 1.82) is 0 Å². The predicted octanol–water partition coefficient (Wildman–Crippen LogP) is 1.39. The zero-order valence-corrected chi connectivity index (χ0v) is 6.81. The Hall–Kier alpha value is -0.370. The standard InChI is InChI=1S/C8H14O2/c1-6(2)7(9)8(10-3)4-5-8/h6H,4-5H2,1-3H3. The van der Waals surface area contributed by atoms with E-state index in [2.05, 4.69) is 0 Å². The topological polar surface area (TPSA) is 26.3 Å². The van der Waals surface area contributed by atoms with E-state index in [0.29, 0.717) is 0 Å². The fraction of sp³-hybridized carbons (Fsp3) is 0.875. The van der Waals surface area contributed by atoms with Gasteiger partial charge in [0, 0.05) is 13.0 Å². The Bertz CT molecular complexity index is 145. The first-order valence-electron chi connectivity index (χ1n) is 3.72. The van der Waals surface area contributed by atoms with Crippen LogP contribution < -0.4 is 0 Å². The second-order valence-corrected chi connectivity index (χ2v) is 3.22. The van der Waals surface area contributed by atoms with Gasteiger partial charge in [-0.05, 0) is 12.8 Å². The number of carbonyl (C=O) groups is 1. The molecule has 0 heterocycles. The average molecular weight is 142 g/mol. The third-order valence-corrected chi connectivity index (χ3v) is 2.07. The monoisotopic (exact) mass is 142 g/mol. The van der Waals surface area contributed by atoms with Gasteiger partial charge in [0.05, 0.1) is 0 Å². The van der Waals surface area contributed by atoms with E-state index in [0.717, 1.165) is 12.8 Å². The van der Waals surface area contributed by atoms with Crippen LogP contribution in [0.1, 0.15) is 26.7 Å². The van der Waals surface area contributed by atoms with Crippen molar-refractivity contribution in [2.45, 2.75) is 32.3 Å². The van der Waals surface area contributed by atoms with Crippen molar-refractivity contribution in [2.24, 2.45) is 5.92 Å². The number of hydrogen-bond donors (Lipinski definition) is 0. The second-order valence-electron chi connectivity index (χ2n) is 3.22. The Morgan fingerprint density at radius 2 is 2.00 bits per heavy atom. The highest BCUT2D eigenvalue weighted by atomic mass is 16.5. The maximum Gasteiger partial charge on any atom is 0.167 e. The van der Waals surface area contributed by atoms with Gasteiger partial charge in [-0.1, -0.05) is 13.8 Å². The lowest BCUT2D eigenvalue weighted by molar-refractivity contribution is -0.134. The molecule has 0 aromatic rings. The largest absolute Gasteiger partial charge is 0.370 e. The van der Waals surface area contributed by atoms with Crippen molar-refractivity contribution in [3.05, 3.63) is 0 Å². The van der Waals surface area contributed by atoms with Crippen LogP contribution in [-0.2, 0) is 9.53 Å². The summed E-state index contributed by atoms with van der Waals surface area (Å²) in [4.78, 5) is 11.3. The van der Waals surface area contributed by atoms with Crippen molar-refractivity contribution >= 4 is 5.78 Å². The molecule has 0 unspecified atom stereocenters. The zero-order chi connectivity index (χ0) is 7.78. The van der Waals surface area contributed by atoms with Gasteiger partial charge in [-0.15, -0.1) is 0 Å². The molecule has 58 valence electrons. The molecule has 0 aromatic carbocycles. The number of Topliss-reactive ketones (excluding diaryl/α,β-unsaturated/α-hetero) is 1. The van der Waals surface area contributed by atoms with Crippen LogP contribution in [0, 0.1) is 5.92 Å². The van der Waals surface area contributed by atoms with E-state index < -0.39 is 0 Å². The minimum absolute atomic E-state index is 0.113. The highest BCUT2D eigenvalue weighted by Gasteiger charge is 2.50. The van der Waals surface area contributed by atoms with Crippen LogP contribution in [-0.4, -0.2) is 18.5 Å². The van der Waals surface area contributed by atoms with Gasteiger partial charge in [0.15, 0.2) is 5.78 Å². The Labute approximate surface area is 61.6 Å².